The Morgan fingerprint density at radius 3 is 2.59 bits per heavy atom. The summed E-state index contributed by atoms with van der Waals surface area (Å²) in [6.45, 7) is 6.81. The van der Waals surface area contributed by atoms with Crippen LogP contribution in [-0.2, 0) is 17.8 Å². The molecule has 1 N–H and O–H groups in total. The molecule has 1 saturated heterocycles. The number of ether oxygens (including phenoxy) is 1. The molecule has 0 saturated carbocycles. The molecule has 1 aliphatic rings. The molecule has 1 fully saturated rings. The standard InChI is InChI=1S/C25H31N3O4/c1-18-22(19(2)32-27-18)17-31-21-10-8-20(9-11-21)15-25(29)26-16-23(24-7-6-14-30-24)28-12-4-3-5-13-28/h6-11,14,23H,3-5,12-13,15-17H2,1-2H3,(H,26,29). The normalized spacial score (nSPS) is 15.4. The first-order valence-corrected chi connectivity index (χ1v) is 11.3. The fourth-order valence-corrected chi connectivity index (χ4v) is 4.15. The molecule has 1 unspecified atom stereocenters. The lowest BCUT2D eigenvalue weighted by atomic mass is 10.1. The van der Waals surface area contributed by atoms with Crippen molar-refractivity contribution in [1.82, 2.24) is 15.4 Å². The van der Waals surface area contributed by atoms with Crippen LogP contribution in [0.15, 0.2) is 51.6 Å². The van der Waals surface area contributed by atoms with E-state index in [9.17, 15) is 4.79 Å². The Labute approximate surface area is 188 Å². The average molecular weight is 438 g/mol. The molecule has 3 aromatic rings. The monoisotopic (exact) mass is 437 g/mol. The number of carbonyl (C=O) groups excluding carboxylic acids is 1. The van der Waals surface area contributed by atoms with Gasteiger partial charge >= 0.3 is 0 Å². The number of nitrogens with one attached hydrogen (secondary N) is 1. The highest BCUT2D eigenvalue weighted by Gasteiger charge is 2.24. The number of amides is 1. The summed E-state index contributed by atoms with van der Waals surface area (Å²) in [5, 5.41) is 7.04. The maximum absolute atomic E-state index is 12.6. The number of piperidine rings is 1. The second kappa shape index (κ2) is 10.5. The summed E-state index contributed by atoms with van der Waals surface area (Å²) < 4.78 is 16.7. The van der Waals surface area contributed by atoms with Crippen LogP contribution in [0.2, 0.25) is 0 Å². The van der Waals surface area contributed by atoms with Gasteiger partial charge in [-0.3, -0.25) is 9.69 Å². The number of furan rings is 1. The van der Waals surface area contributed by atoms with Gasteiger partial charge < -0.3 is 19.0 Å². The van der Waals surface area contributed by atoms with Crippen molar-refractivity contribution in [2.45, 2.75) is 52.2 Å². The zero-order chi connectivity index (χ0) is 22.3. The molecule has 0 radical (unpaired) electrons. The second-order valence-electron chi connectivity index (χ2n) is 8.34. The maximum Gasteiger partial charge on any atom is 0.224 e. The number of rotatable bonds is 9. The number of aryl methyl sites for hydroxylation is 2. The SMILES string of the molecule is Cc1noc(C)c1COc1ccc(CC(=O)NCC(c2ccco2)N2CCCCC2)cc1. The first kappa shape index (κ1) is 22.1. The Morgan fingerprint density at radius 2 is 1.94 bits per heavy atom. The van der Waals surface area contributed by atoms with Gasteiger partial charge in [0.05, 0.1) is 30.0 Å². The van der Waals surface area contributed by atoms with Gasteiger partial charge in [-0.25, -0.2) is 0 Å². The quantitative estimate of drug-likeness (QED) is 0.536. The second-order valence-corrected chi connectivity index (χ2v) is 8.34. The fraction of sp³-hybridized carbons (Fsp3) is 0.440. The van der Waals surface area contributed by atoms with Gasteiger partial charge in [-0.15, -0.1) is 0 Å². The molecule has 3 heterocycles. The first-order valence-electron chi connectivity index (χ1n) is 11.3. The minimum absolute atomic E-state index is 0.00274. The van der Waals surface area contributed by atoms with Crippen molar-refractivity contribution in [1.29, 1.82) is 0 Å². The molecule has 1 amide bonds. The molecular formula is C25H31N3O4. The van der Waals surface area contributed by atoms with Gasteiger partial charge in [0.15, 0.2) is 0 Å². The van der Waals surface area contributed by atoms with Crippen LogP contribution in [0.5, 0.6) is 5.75 Å². The van der Waals surface area contributed by atoms with Crippen molar-refractivity contribution < 1.29 is 18.5 Å². The van der Waals surface area contributed by atoms with Gasteiger partial charge in [-0.1, -0.05) is 23.7 Å². The summed E-state index contributed by atoms with van der Waals surface area (Å²) in [5.74, 6) is 2.43. The predicted octanol–water partition coefficient (Wildman–Crippen LogP) is 4.35. The van der Waals surface area contributed by atoms with E-state index in [1.54, 1.807) is 6.26 Å². The van der Waals surface area contributed by atoms with Crippen LogP contribution in [0, 0.1) is 13.8 Å². The summed E-state index contributed by atoms with van der Waals surface area (Å²) in [6, 6.07) is 11.6. The number of aromatic nitrogens is 1. The van der Waals surface area contributed by atoms with Crippen LogP contribution in [-0.4, -0.2) is 35.6 Å². The lowest BCUT2D eigenvalue weighted by Crippen LogP contribution is -2.40. The summed E-state index contributed by atoms with van der Waals surface area (Å²) in [7, 11) is 0. The van der Waals surface area contributed by atoms with Crippen molar-refractivity contribution in [3.8, 4) is 5.75 Å². The van der Waals surface area contributed by atoms with Crippen molar-refractivity contribution in [2.24, 2.45) is 0 Å². The van der Waals surface area contributed by atoms with Crippen molar-refractivity contribution in [3.05, 3.63) is 71.0 Å². The molecule has 1 aliphatic heterocycles. The molecule has 170 valence electrons. The molecule has 1 atom stereocenters. The van der Waals surface area contributed by atoms with Crippen molar-refractivity contribution in [3.63, 3.8) is 0 Å². The fourth-order valence-electron chi connectivity index (χ4n) is 4.15. The van der Waals surface area contributed by atoms with Crippen LogP contribution < -0.4 is 10.1 Å². The van der Waals surface area contributed by atoms with Crippen LogP contribution in [0.25, 0.3) is 0 Å². The minimum Gasteiger partial charge on any atom is -0.489 e. The Morgan fingerprint density at radius 1 is 1.16 bits per heavy atom. The molecule has 0 spiro atoms. The van der Waals surface area contributed by atoms with Crippen LogP contribution >= 0.6 is 0 Å². The van der Waals surface area contributed by atoms with E-state index in [2.05, 4.69) is 15.4 Å². The minimum atomic E-state index is 0.00274. The molecule has 2 aromatic heterocycles. The number of hydrogen-bond donors (Lipinski definition) is 1. The molecule has 7 nitrogen and oxygen atoms in total. The third kappa shape index (κ3) is 5.59. The topological polar surface area (TPSA) is 80.7 Å². The van der Waals surface area contributed by atoms with Crippen molar-refractivity contribution in [2.75, 3.05) is 19.6 Å². The van der Waals surface area contributed by atoms with E-state index < -0.39 is 0 Å². The zero-order valence-electron chi connectivity index (χ0n) is 18.8. The van der Waals surface area contributed by atoms with Gasteiger partial charge in [0.25, 0.3) is 0 Å². The van der Waals surface area contributed by atoms with E-state index in [0.717, 1.165) is 47.2 Å². The number of likely N-dealkylation sites (tertiary alicyclic amines) is 1. The number of benzene rings is 1. The number of nitrogens with zero attached hydrogens (tertiary/aromatic N) is 2. The van der Waals surface area contributed by atoms with Gasteiger partial charge in [-0.05, 0) is 69.6 Å². The summed E-state index contributed by atoms with van der Waals surface area (Å²) in [6.07, 6.45) is 5.68. The molecule has 1 aromatic carbocycles. The van der Waals surface area contributed by atoms with E-state index >= 15 is 0 Å². The third-order valence-corrected chi connectivity index (χ3v) is 6.05. The first-order chi connectivity index (χ1) is 15.6. The molecule has 4 rings (SSSR count). The Hall–Kier alpha value is -3.06. The largest absolute Gasteiger partial charge is 0.489 e. The Balaban J connectivity index is 1.28. The molecular weight excluding hydrogens is 406 g/mol. The highest BCUT2D eigenvalue weighted by Crippen LogP contribution is 2.24. The van der Waals surface area contributed by atoms with E-state index in [1.165, 1.54) is 19.3 Å². The Kier molecular flexibility index (Phi) is 7.27. The molecule has 0 bridgehead atoms. The van der Waals surface area contributed by atoms with Gasteiger partial charge in [0.1, 0.15) is 23.9 Å². The average Bonchev–Trinajstić information content (AvgIpc) is 3.45. The van der Waals surface area contributed by atoms with Crippen LogP contribution in [0.1, 0.15) is 53.6 Å². The lowest BCUT2D eigenvalue weighted by Gasteiger charge is -2.33. The smallest absolute Gasteiger partial charge is 0.224 e. The van der Waals surface area contributed by atoms with E-state index in [1.807, 2.05) is 50.2 Å². The predicted molar refractivity (Wildman–Crippen MR) is 120 cm³/mol. The lowest BCUT2D eigenvalue weighted by molar-refractivity contribution is -0.120. The number of hydrogen-bond acceptors (Lipinski definition) is 6. The van der Waals surface area contributed by atoms with Crippen molar-refractivity contribution >= 4 is 5.91 Å². The maximum atomic E-state index is 12.6. The summed E-state index contributed by atoms with van der Waals surface area (Å²) in [4.78, 5) is 15.0. The van der Waals surface area contributed by atoms with Gasteiger partial charge in [0, 0.05) is 6.54 Å². The Bertz CT molecular complexity index is 969. The highest BCUT2D eigenvalue weighted by atomic mass is 16.5. The van der Waals surface area contributed by atoms with E-state index in [-0.39, 0.29) is 11.9 Å². The van der Waals surface area contributed by atoms with Crippen LogP contribution in [0.4, 0.5) is 0 Å². The van der Waals surface area contributed by atoms with E-state index in [4.69, 9.17) is 13.7 Å². The third-order valence-electron chi connectivity index (χ3n) is 6.05. The highest BCUT2D eigenvalue weighted by molar-refractivity contribution is 5.78. The number of carbonyl (C=O) groups is 1. The van der Waals surface area contributed by atoms with Gasteiger partial charge in [0.2, 0.25) is 5.91 Å². The van der Waals surface area contributed by atoms with Gasteiger partial charge in [-0.2, -0.15) is 0 Å². The molecule has 7 heteroatoms. The summed E-state index contributed by atoms with van der Waals surface area (Å²) >= 11 is 0. The van der Waals surface area contributed by atoms with E-state index in [0.29, 0.717) is 19.6 Å². The molecule has 32 heavy (non-hydrogen) atoms. The zero-order valence-corrected chi connectivity index (χ0v) is 18.8. The summed E-state index contributed by atoms with van der Waals surface area (Å²) in [5.41, 5.74) is 2.75. The molecule has 0 aliphatic carbocycles. The van der Waals surface area contributed by atoms with Crippen LogP contribution in [0.3, 0.4) is 0 Å².